The summed E-state index contributed by atoms with van der Waals surface area (Å²) in [4.78, 5) is 22.5. The fourth-order valence-corrected chi connectivity index (χ4v) is 2.37. The Bertz CT molecular complexity index is 506. The van der Waals surface area contributed by atoms with E-state index in [1.807, 2.05) is 6.07 Å². The summed E-state index contributed by atoms with van der Waals surface area (Å²) in [5.41, 5.74) is 0.839. The third-order valence-corrected chi connectivity index (χ3v) is 3.40. The van der Waals surface area contributed by atoms with E-state index in [9.17, 15) is 9.59 Å². The van der Waals surface area contributed by atoms with Crippen molar-refractivity contribution in [1.82, 2.24) is 5.32 Å². The van der Waals surface area contributed by atoms with E-state index in [2.05, 4.69) is 5.32 Å². The van der Waals surface area contributed by atoms with Gasteiger partial charge >= 0.3 is 5.97 Å². The average molecular weight is 298 g/mol. The zero-order valence-electron chi connectivity index (χ0n) is 10.8. The quantitative estimate of drug-likeness (QED) is 0.866. The second-order valence-electron chi connectivity index (χ2n) is 4.77. The number of carboxylic acid groups (broad SMARTS) is 1. The van der Waals surface area contributed by atoms with Gasteiger partial charge in [0, 0.05) is 11.6 Å². The van der Waals surface area contributed by atoms with Crippen molar-refractivity contribution in [3.8, 4) is 0 Å². The summed E-state index contributed by atoms with van der Waals surface area (Å²) in [5.74, 6) is -1.08. The van der Waals surface area contributed by atoms with Crippen LogP contribution in [-0.2, 0) is 20.7 Å². The first-order chi connectivity index (χ1) is 9.54. The summed E-state index contributed by atoms with van der Waals surface area (Å²) in [7, 11) is 0. The van der Waals surface area contributed by atoms with Crippen LogP contribution in [0.1, 0.15) is 18.4 Å². The predicted octanol–water partition coefficient (Wildman–Crippen LogP) is 1.63. The average Bonchev–Trinajstić information content (AvgIpc) is 2.85. The Hall–Kier alpha value is -1.59. The molecule has 1 saturated heterocycles. The molecule has 2 unspecified atom stereocenters. The molecule has 1 amide bonds. The first kappa shape index (κ1) is 14.8. The molecule has 0 saturated carbocycles. The van der Waals surface area contributed by atoms with Gasteiger partial charge in [-0.1, -0.05) is 23.7 Å². The number of aliphatic carboxylic acids is 1. The minimum atomic E-state index is -0.947. The van der Waals surface area contributed by atoms with Crippen molar-refractivity contribution < 1.29 is 19.4 Å². The van der Waals surface area contributed by atoms with Crippen molar-refractivity contribution in [1.29, 1.82) is 0 Å². The zero-order valence-corrected chi connectivity index (χ0v) is 11.6. The molecular formula is C14H16ClNO4. The van der Waals surface area contributed by atoms with Crippen molar-refractivity contribution in [2.45, 2.75) is 31.5 Å². The molecule has 1 heterocycles. The van der Waals surface area contributed by atoms with Gasteiger partial charge in [0.1, 0.15) is 0 Å². The number of hydrogen-bond acceptors (Lipinski definition) is 3. The van der Waals surface area contributed by atoms with E-state index in [1.54, 1.807) is 18.2 Å². The van der Waals surface area contributed by atoms with Gasteiger partial charge in [0.25, 0.3) is 0 Å². The summed E-state index contributed by atoms with van der Waals surface area (Å²) < 4.78 is 5.31. The Morgan fingerprint density at radius 3 is 2.85 bits per heavy atom. The Morgan fingerprint density at radius 2 is 2.20 bits per heavy atom. The van der Waals surface area contributed by atoms with Gasteiger partial charge < -0.3 is 15.2 Å². The Labute approximate surface area is 121 Å². The monoisotopic (exact) mass is 297 g/mol. The SMILES string of the molecule is O=C(Cc1cccc(Cl)c1)NCC1CCC(C(=O)O)O1. The molecule has 5 nitrogen and oxygen atoms in total. The summed E-state index contributed by atoms with van der Waals surface area (Å²) in [6.45, 7) is 0.336. The van der Waals surface area contributed by atoms with Crippen molar-refractivity contribution in [2.24, 2.45) is 0 Å². The molecule has 1 aliphatic rings. The number of carboxylic acids is 1. The molecule has 0 aromatic heterocycles. The van der Waals surface area contributed by atoms with Crippen molar-refractivity contribution >= 4 is 23.5 Å². The van der Waals surface area contributed by atoms with Crippen LogP contribution in [0.5, 0.6) is 0 Å². The van der Waals surface area contributed by atoms with Gasteiger partial charge in [-0.3, -0.25) is 4.79 Å². The lowest BCUT2D eigenvalue weighted by Gasteiger charge is -2.12. The van der Waals surface area contributed by atoms with Crippen molar-refractivity contribution in [3.63, 3.8) is 0 Å². The number of amides is 1. The van der Waals surface area contributed by atoms with Crippen molar-refractivity contribution in [2.75, 3.05) is 6.54 Å². The van der Waals surface area contributed by atoms with Crippen LogP contribution in [0.3, 0.4) is 0 Å². The van der Waals surface area contributed by atoms with Gasteiger partial charge in [-0.2, -0.15) is 0 Å². The number of benzene rings is 1. The molecule has 2 rings (SSSR count). The third-order valence-electron chi connectivity index (χ3n) is 3.16. The highest BCUT2D eigenvalue weighted by molar-refractivity contribution is 6.30. The van der Waals surface area contributed by atoms with E-state index in [-0.39, 0.29) is 18.4 Å². The molecule has 2 atom stereocenters. The van der Waals surface area contributed by atoms with Crippen LogP contribution in [0.4, 0.5) is 0 Å². The first-order valence-electron chi connectivity index (χ1n) is 6.44. The largest absolute Gasteiger partial charge is 0.479 e. The number of hydrogen-bond donors (Lipinski definition) is 2. The molecule has 1 aromatic carbocycles. The lowest BCUT2D eigenvalue weighted by atomic mass is 10.1. The molecule has 1 aliphatic heterocycles. The maximum absolute atomic E-state index is 11.8. The van der Waals surface area contributed by atoms with E-state index in [4.69, 9.17) is 21.4 Å². The van der Waals surface area contributed by atoms with Gasteiger partial charge in [0.05, 0.1) is 12.5 Å². The number of rotatable bonds is 5. The fraction of sp³-hybridized carbons (Fsp3) is 0.429. The molecule has 1 aromatic rings. The number of ether oxygens (including phenoxy) is 1. The predicted molar refractivity (Wildman–Crippen MR) is 73.7 cm³/mol. The smallest absolute Gasteiger partial charge is 0.332 e. The normalized spacial score (nSPS) is 21.6. The van der Waals surface area contributed by atoms with E-state index in [1.165, 1.54) is 0 Å². The fourth-order valence-electron chi connectivity index (χ4n) is 2.16. The maximum Gasteiger partial charge on any atom is 0.332 e. The molecule has 1 fully saturated rings. The highest BCUT2D eigenvalue weighted by atomic mass is 35.5. The second kappa shape index (κ2) is 6.72. The summed E-state index contributed by atoms with van der Waals surface area (Å²) >= 11 is 5.85. The van der Waals surface area contributed by atoms with Gasteiger partial charge in [-0.15, -0.1) is 0 Å². The topological polar surface area (TPSA) is 75.6 Å². The first-order valence-corrected chi connectivity index (χ1v) is 6.82. The van der Waals surface area contributed by atoms with Crippen LogP contribution in [0, 0.1) is 0 Å². The summed E-state index contributed by atoms with van der Waals surface area (Å²) in [6, 6.07) is 7.12. The zero-order chi connectivity index (χ0) is 14.5. The van der Waals surface area contributed by atoms with Crippen LogP contribution < -0.4 is 5.32 Å². The lowest BCUT2D eigenvalue weighted by molar-refractivity contribution is -0.149. The van der Waals surface area contributed by atoms with Crippen LogP contribution in [0.25, 0.3) is 0 Å². The molecule has 108 valence electrons. The minimum absolute atomic E-state index is 0.130. The molecule has 2 N–H and O–H groups in total. The molecular weight excluding hydrogens is 282 g/mol. The molecule has 0 radical (unpaired) electrons. The van der Waals surface area contributed by atoms with Gasteiger partial charge in [0.2, 0.25) is 5.91 Å². The summed E-state index contributed by atoms with van der Waals surface area (Å²) in [5, 5.41) is 12.2. The molecule has 20 heavy (non-hydrogen) atoms. The van der Waals surface area contributed by atoms with Crippen LogP contribution in [-0.4, -0.2) is 35.7 Å². The highest BCUT2D eigenvalue weighted by Gasteiger charge is 2.30. The van der Waals surface area contributed by atoms with Crippen molar-refractivity contribution in [3.05, 3.63) is 34.9 Å². The lowest BCUT2D eigenvalue weighted by Crippen LogP contribution is -2.34. The van der Waals surface area contributed by atoms with Gasteiger partial charge in [0.15, 0.2) is 6.10 Å². The maximum atomic E-state index is 11.8. The molecule has 0 bridgehead atoms. The Kier molecular flexibility index (Phi) is 4.98. The highest BCUT2D eigenvalue weighted by Crippen LogP contribution is 2.19. The van der Waals surface area contributed by atoms with Crippen LogP contribution in [0.2, 0.25) is 5.02 Å². The standard InChI is InChI=1S/C14H16ClNO4/c15-10-3-1-2-9(6-10)7-13(17)16-8-11-4-5-12(20-11)14(18)19/h1-3,6,11-12H,4-5,7-8H2,(H,16,17)(H,18,19). The molecule has 6 heteroatoms. The van der Waals surface area contributed by atoms with Crippen LogP contribution in [0.15, 0.2) is 24.3 Å². The Balaban J connectivity index is 1.75. The second-order valence-corrected chi connectivity index (χ2v) is 5.21. The number of halogens is 1. The minimum Gasteiger partial charge on any atom is -0.479 e. The van der Waals surface area contributed by atoms with E-state index < -0.39 is 12.1 Å². The summed E-state index contributed by atoms with van der Waals surface area (Å²) in [6.07, 6.45) is 0.415. The van der Waals surface area contributed by atoms with E-state index >= 15 is 0 Å². The third kappa shape index (κ3) is 4.21. The number of nitrogens with one attached hydrogen (secondary N) is 1. The Morgan fingerprint density at radius 1 is 1.40 bits per heavy atom. The van der Waals surface area contributed by atoms with Crippen LogP contribution >= 0.6 is 11.6 Å². The van der Waals surface area contributed by atoms with Gasteiger partial charge in [-0.25, -0.2) is 4.79 Å². The molecule has 0 aliphatic carbocycles. The number of carbonyl (C=O) groups is 2. The molecule has 0 spiro atoms. The van der Waals surface area contributed by atoms with E-state index in [0.717, 1.165) is 5.56 Å². The number of carbonyl (C=O) groups excluding carboxylic acids is 1. The van der Waals surface area contributed by atoms with Gasteiger partial charge in [-0.05, 0) is 30.5 Å². The van der Waals surface area contributed by atoms with E-state index in [0.29, 0.717) is 24.4 Å².